The molecule has 0 fully saturated rings. The highest BCUT2D eigenvalue weighted by molar-refractivity contribution is 7.09. The maximum Gasteiger partial charge on any atom is 0.201 e. The van der Waals surface area contributed by atoms with Crippen LogP contribution >= 0.6 is 22.9 Å². The monoisotopic (exact) mass is 264 g/mol. The highest BCUT2D eigenvalue weighted by Crippen LogP contribution is 2.26. The number of imidazole rings is 1. The molecule has 2 aromatic heterocycles. The number of nitrogen functional groups attached to an aromatic ring is 1. The quantitative estimate of drug-likeness (QED) is 0.774. The number of nitrogens with two attached hydrogens (primary N) is 1. The van der Waals surface area contributed by atoms with Crippen LogP contribution in [-0.4, -0.2) is 14.5 Å². The van der Waals surface area contributed by atoms with Crippen LogP contribution in [0, 0.1) is 0 Å². The Bertz CT molecular complexity index is 659. The molecule has 0 aliphatic heterocycles. The summed E-state index contributed by atoms with van der Waals surface area (Å²) in [6, 6.07) is 5.61. The summed E-state index contributed by atoms with van der Waals surface area (Å²) in [7, 11) is 0. The Balaban J connectivity index is 2.18. The van der Waals surface area contributed by atoms with Crippen molar-refractivity contribution < 1.29 is 0 Å². The zero-order valence-electron chi connectivity index (χ0n) is 8.80. The Labute approximate surface area is 107 Å². The van der Waals surface area contributed by atoms with Gasteiger partial charge in [0.1, 0.15) is 0 Å². The van der Waals surface area contributed by atoms with Gasteiger partial charge >= 0.3 is 0 Å². The Morgan fingerprint density at radius 3 is 3.06 bits per heavy atom. The van der Waals surface area contributed by atoms with Gasteiger partial charge in [-0.3, -0.25) is 4.98 Å². The van der Waals surface area contributed by atoms with E-state index in [4.69, 9.17) is 17.3 Å². The van der Waals surface area contributed by atoms with Crippen molar-refractivity contribution in [1.82, 2.24) is 14.5 Å². The third-order valence-corrected chi connectivity index (χ3v) is 3.61. The first-order valence-corrected chi connectivity index (χ1v) is 6.29. The summed E-state index contributed by atoms with van der Waals surface area (Å²) in [5.41, 5.74) is 9.41. The predicted octanol–water partition coefficient (Wildman–Crippen LogP) is 2.78. The molecule has 86 valence electrons. The fourth-order valence-electron chi connectivity index (χ4n) is 1.80. The third-order valence-electron chi connectivity index (χ3n) is 2.54. The minimum absolute atomic E-state index is 0.474. The lowest BCUT2D eigenvalue weighted by Gasteiger charge is -2.04. The van der Waals surface area contributed by atoms with Crippen LogP contribution in [0.5, 0.6) is 0 Å². The van der Waals surface area contributed by atoms with Gasteiger partial charge in [-0.15, -0.1) is 11.3 Å². The van der Waals surface area contributed by atoms with Crippen molar-refractivity contribution in [2.75, 3.05) is 5.73 Å². The Hall–Kier alpha value is -1.59. The summed E-state index contributed by atoms with van der Waals surface area (Å²) in [6.45, 7) is 0.650. The molecule has 4 nitrogen and oxygen atoms in total. The largest absolute Gasteiger partial charge is 0.369 e. The number of rotatable bonds is 2. The second-order valence-electron chi connectivity index (χ2n) is 3.63. The molecule has 0 bridgehead atoms. The first-order chi connectivity index (χ1) is 8.25. The molecule has 0 saturated carbocycles. The van der Waals surface area contributed by atoms with Crippen LogP contribution in [0.15, 0.2) is 29.9 Å². The van der Waals surface area contributed by atoms with Crippen molar-refractivity contribution in [2.45, 2.75) is 6.54 Å². The number of anilines is 1. The minimum Gasteiger partial charge on any atom is -0.369 e. The molecule has 1 aromatic carbocycles. The van der Waals surface area contributed by atoms with Gasteiger partial charge < -0.3 is 10.3 Å². The molecule has 0 amide bonds. The van der Waals surface area contributed by atoms with Crippen molar-refractivity contribution in [3.8, 4) is 0 Å². The van der Waals surface area contributed by atoms with E-state index in [9.17, 15) is 0 Å². The van der Waals surface area contributed by atoms with Gasteiger partial charge in [-0.1, -0.05) is 17.7 Å². The molecule has 0 radical (unpaired) electrons. The molecular weight excluding hydrogens is 256 g/mol. The molecule has 6 heteroatoms. The van der Waals surface area contributed by atoms with E-state index in [1.54, 1.807) is 16.8 Å². The lowest BCUT2D eigenvalue weighted by atomic mass is 10.3. The van der Waals surface area contributed by atoms with Gasteiger partial charge in [-0.25, -0.2) is 4.98 Å². The molecule has 0 saturated heterocycles. The van der Waals surface area contributed by atoms with Crippen LogP contribution < -0.4 is 5.73 Å². The van der Waals surface area contributed by atoms with Gasteiger partial charge in [-0.2, -0.15) is 0 Å². The maximum absolute atomic E-state index is 6.19. The average Bonchev–Trinajstić information content (AvgIpc) is 2.89. The number of thiazole rings is 1. The van der Waals surface area contributed by atoms with E-state index < -0.39 is 0 Å². The smallest absolute Gasteiger partial charge is 0.201 e. The van der Waals surface area contributed by atoms with Crippen molar-refractivity contribution in [2.24, 2.45) is 0 Å². The van der Waals surface area contributed by atoms with Gasteiger partial charge in [0.2, 0.25) is 5.95 Å². The Kier molecular flexibility index (Phi) is 2.49. The van der Waals surface area contributed by atoms with E-state index in [0.717, 1.165) is 15.9 Å². The van der Waals surface area contributed by atoms with Gasteiger partial charge in [-0.05, 0) is 12.1 Å². The molecule has 0 aliphatic rings. The van der Waals surface area contributed by atoms with E-state index in [1.165, 1.54) is 0 Å². The summed E-state index contributed by atoms with van der Waals surface area (Å²) in [6.07, 6.45) is 1.83. The molecule has 2 heterocycles. The van der Waals surface area contributed by atoms with Crippen LogP contribution in [0.25, 0.3) is 11.0 Å². The van der Waals surface area contributed by atoms with Crippen molar-refractivity contribution >= 4 is 39.9 Å². The number of benzene rings is 1. The third kappa shape index (κ3) is 1.77. The molecule has 2 N–H and O–H groups in total. The van der Waals surface area contributed by atoms with E-state index >= 15 is 0 Å². The minimum atomic E-state index is 0.474. The lowest BCUT2D eigenvalue weighted by Crippen LogP contribution is -2.03. The number of aromatic nitrogens is 3. The van der Waals surface area contributed by atoms with Gasteiger partial charge in [0.25, 0.3) is 0 Å². The molecule has 17 heavy (non-hydrogen) atoms. The number of halogens is 1. The predicted molar refractivity (Wildman–Crippen MR) is 70.4 cm³/mol. The standard InChI is InChI=1S/C11H9ClN4S/c12-8-2-1-3-9-10(8)16(11(13)15-9)5-7-4-14-6-17-7/h1-4,6H,5H2,(H2,13,15). The van der Waals surface area contributed by atoms with Gasteiger partial charge in [0.05, 0.1) is 28.1 Å². The second-order valence-corrected chi connectivity index (χ2v) is 5.01. The molecule has 3 aromatic rings. The fourth-order valence-corrected chi connectivity index (χ4v) is 2.65. The number of nitrogens with zero attached hydrogens (tertiary/aromatic N) is 3. The summed E-state index contributed by atoms with van der Waals surface area (Å²) < 4.78 is 1.91. The van der Waals surface area contributed by atoms with Gasteiger partial charge in [0, 0.05) is 11.1 Å². The summed E-state index contributed by atoms with van der Waals surface area (Å²) in [5, 5.41) is 0.663. The zero-order valence-corrected chi connectivity index (χ0v) is 10.4. The number of fused-ring (bicyclic) bond motifs is 1. The maximum atomic E-state index is 6.19. The summed E-state index contributed by atoms with van der Waals surface area (Å²) >= 11 is 7.77. The molecule has 0 atom stereocenters. The summed E-state index contributed by atoms with van der Waals surface area (Å²) in [4.78, 5) is 9.46. The molecule has 0 aliphatic carbocycles. The second kappa shape index (κ2) is 4.01. The van der Waals surface area contributed by atoms with E-state index in [0.29, 0.717) is 17.5 Å². The highest BCUT2D eigenvalue weighted by Gasteiger charge is 2.11. The summed E-state index contributed by atoms with van der Waals surface area (Å²) in [5.74, 6) is 0.474. The van der Waals surface area contributed by atoms with E-state index in [-0.39, 0.29) is 0 Å². The first-order valence-electron chi connectivity index (χ1n) is 5.03. The normalized spacial score (nSPS) is 11.1. The number of para-hydroxylation sites is 1. The van der Waals surface area contributed by atoms with Crippen molar-refractivity contribution in [1.29, 1.82) is 0 Å². The lowest BCUT2D eigenvalue weighted by molar-refractivity contribution is 0.850. The average molecular weight is 265 g/mol. The number of hydrogen-bond acceptors (Lipinski definition) is 4. The first kappa shape index (κ1) is 10.6. The number of hydrogen-bond donors (Lipinski definition) is 1. The van der Waals surface area contributed by atoms with Gasteiger partial charge in [0.15, 0.2) is 0 Å². The van der Waals surface area contributed by atoms with Crippen molar-refractivity contribution in [3.63, 3.8) is 0 Å². The molecule has 3 rings (SSSR count). The zero-order chi connectivity index (χ0) is 11.8. The van der Waals surface area contributed by atoms with E-state index in [2.05, 4.69) is 9.97 Å². The SMILES string of the molecule is Nc1nc2cccc(Cl)c2n1Cc1cncs1. The molecule has 0 unspecified atom stereocenters. The van der Waals surface area contributed by atoms with E-state index in [1.807, 2.05) is 29.0 Å². The van der Waals surface area contributed by atoms with Crippen LogP contribution in [0.3, 0.4) is 0 Å². The van der Waals surface area contributed by atoms with Crippen LogP contribution in [0.4, 0.5) is 5.95 Å². The van der Waals surface area contributed by atoms with Crippen LogP contribution in [0.2, 0.25) is 5.02 Å². The topological polar surface area (TPSA) is 56.7 Å². The highest BCUT2D eigenvalue weighted by atomic mass is 35.5. The fraction of sp³-hybridized carbons (Fsp3) is 0.0909. The molecule has 0 spiro atoms. The van der Waals surface area contributed by atoms with Crippen LogP contribution in [0.1, 0.15) is 4.88 Å². The van der Waals surface area contributed by atoms with Crippen LogP contribution in [-0.2, 0) is 6.54 Å². The molecular formula is C11H9ClN4S. The Morgan fingerprint density at radius 1 is 1.41 bits per heavy atom. The Morgan fingerprint density at radius 2 is 2.29 bits per heavy atom. The van der Waals surface area contributed by atoms with Crippen molar-refractivity contribution in [3.05, 3.63) is 39.8 Å².